The normalized spacial score (nSPS) is 15.6. The summed E-state index contributed by atoms with van der Waals surface area (Å²) in [5.74, 6) is -2.27. The largest absolute Gasteiger partial charge is 0.387 e. The molecule has 1 aliphatic heterocycles. The van der Waals surface area contributed by atoms with Gasteiger partial charge in [0.25, 0.3) is 0 Å². The summed E-state index contributed by atoms with van der Waals surface area (Å²) in [6.07, 6.45) is 1.00. The van der Waals surface area contributed by atoms with Crippen LogP contribution in [-0.2, 0) is 9.84 Å². The molecule has 0 aliphatic carbocycles. The van der Waals surface area contributed by atoms with E-state index in [1.807, 2.05) is 0 Å². The van der Waals surface area contributed by atoms with Crippen LogP contribution in [0, 0.1) is 11.6 Å². The van der Waals surface area contributed by atoms with Crippen LogP contribution in [0.4, 0.5) is 20.2 Å². The molecule has 0 unspecified atom stereocenters. The monoisotopic (exact) mass is 381 g/mol. The van der Waals surface area contributed by atoms with Crippen molar-refractivity contribution in [1.29, 1.82) is 0 Å². The zero-order valence-electron chi connectivity index (χ0n) is 14.4. The fourth-order valence-corrected chi connectivity index (χ4v) is 4.48. The van der Waals surface area contributed by atoms with Gasteiger partial charge in [-0.2, -0.15) is 0 Å². The highest BCUT2D eigenvalue weighted by atomic mass is 32.2. The molecule has 1 saturated heterocycles. The summed E-state index contributed by atoms with van der Waals surface area (Å²) >= 11 is 0. The van der Waals surface area contributed by atoms with E-state index in [9.17, 15) is 17.2 Å². The molecular formula is C18H21F2N3O2S. The van der Waals surface area contributed by atoms with E-state index in [0.717, 1.165) is 50.4 Å². The van der Waals surface area contributed by atoms with Crippen molar-refractivity contribution in [2.24, 2.45) is 0 Å². The first-order valence-electron chi connectivity index (χ1n) is 8.41. The number of rotatable bonds is 4. The molecule has 2 aromatic rings. The maximum Gasteiger partial charge on any atom is 0.208 e. The Bertz CT molecular complexity index is 895. The van der Waals surface area contributed by atoms with Gasteiger partial charge in [-0.3, -0.25) is 0 Å². The number of anilines is 2. The van der Waals surface area contributed by atoms with Gasteiger partial charge in [-0.1, -0.05) is 0 Å². The summed E-state index contributed by atoms with van der Waals surface area (Å²) in [6.45, 7) is 3.53. The van der Waals surface area contributed by atoms with Crippen LogP contribution in [0.1, 0.15) is 6.42 Å². The van der Waals surface area contributed by atoms with E-state index in [-0.39, 0.29) is 9.79 Å². The first-order valence-corrected chi connectivity index (χ1v) is 9.89. The molecule has 0 radical (unpaired) electrons. The van der Waals surface area contributed by atoms with Gasteiger partial charge in [0, 0.05) is 32.4 Å². The lowest BCUT2D eigenvalue weighted by atomic mass is 10.2. The second-order valence-corrected chi connectivity index (χ2v) is 8.02. The molecule has 0 amide bonds. The fourth-order valence-electron chi connectivity index (χ4n) is 3.02. The van der Waals surface area contributed by atoms with Crippen LogP contribution in [0.3, 0.4) is 0 Å². The van der Waals surface area contributed by atoms with Crippen molar-refractivity contribution in [3.63, 3.8) is 0 Å². The zero-order chi connectivity index (χ0) is 18.7. The first kappa shape index (κ1) is 18.6. The van der Waals surface area contributed by atoms with Crippen LogP contribution in [0.5, 0.6) is 0 Å². The smallest absolute Gasteiger partial charge is 0.208 e. The molecule has 0 saturated carbocycles. The van der Waals surface area contributed by atoms with E-state index in [1.165, 1.54) is 6.07 Å². The van der Waals surface area contributed by atoms with Crippen molar-refractivity contribution in [3.05, 3.63) is 48.0 Å². The Morgan fingerprint density at radius 1 is 1.04 bits per heavy atom. The van der Waals surface area contributed by atoms with Gasteiger partial charge < -0.3 is 15.5 Å². The maximum absolute atomic E-state index is 13.5. The lowest BCUT2D eigenvalue weighted by Crippen LogP contribution is -2.27. The Labute approximate surface area is 151 Å². The van der Waals surface area contributed by atoms with Crippen molar-refractivity contribution in [2.45, 2.75) is 16.2 Å². The number of hydrogen-bond donors (Lipinski definition) is 2. The van der Waals surface area contributed by atoms with Gasteiger partial charge in [0.1, 0.15) is 0 Å². The second-order valence-electron chi connectivity index (χ2n) is 6.10. The molecule has 1 aliphatic rings. The molecule has 8 heteroatoms. The Hall–Kier alpha value is -2.19. The quantitative estimate of drug-likeness (QED) is 0.798. The van der Waals surface area contributed by atoms with E-state index in [2.05, 4.69) is 15.5 Å². The first-order chi connectivity index (χ1) is 12.4. The summed E-state index contributed by atoms with van der Waals surface area (Å²) in [5, 5.41) is 6.23. The SMILES string of the molecule is CNc1cc(N2CCCNCC2)ccc1S(=O)(=O)c1ccc(F)c(F)c1. The molecule has 0 bridgehead atoms. The van der Waals surface area contributed by atoms with Crippen molar-refractivity contribution in [1.82, 2.24) is 5.32 Å². The van der Waals surface area contributed by atoms with Gasteiger partial charge in [0.15, 0.2) is 11.6 Å². The molecule has 0 atom stereocenters. The minimum absolute atomic E-state index is 0.0303. The Balaban J connectivity index is 2.00. The lowest BCUT2D eigenvalue weighted by Gasteiger charge is -2.23. The minimum atomic E-state index is -3.98. The van der Waals surface area contributed by atoms with Crippen molar-refractivity contribution >= 4 is 21.2 Å². The fraction of sp³-hybridized carbons (Fsp3) is 0.333. The zero-order valence-corrected chi connectivity index (χ0v) is 15.2. The average Bonchev–Trinajstić information content (AvgIpc) is 2.92. The number of sulfone groups is 1. The minimum Gasteiger partial charge on any atom is -0.387 e. The number of halogens is 2. The Morgan fingerprint density at radius 3 is 2.58 bits per heavy atom. The number of benzene rings is 2. The summed E-state index contributed by atoms with van der Waals surface area (Å²) < 4.78 is 52.4. The van der Waals surface area contributed by atoms with E-state index in [4.69, 9.17) is 0 Å². The molecule has 1 fully saturated rings. The number of nitrogens with one attached hydrogen (secondary N) is 2. The summed E-state index contributed by atoms with van der Waals surface area (Å²) in [6, 6.07) is 7.63. The molecule has 5 nitrogen and oxygen atoms in total. The Morgan fingerprint density at radius 2 is 1.85 bits per heavy atom. The third-order valence-electron chi connectivity index (χ3n) is 4.43. The Kier molecular flexibility index (Phi) is 5.43. The van der Waals surface area contributed by atoms with Crippen LogP contribution in [0.15, 0.2) is 46.2 Å². The molecule has 1 heterocycles. The van der Waals surface area contributed by atoms with E-state index in [0.29, 0.717) is 11.8 Å². The molecular weight excluding hydrogens is 360 g/mol. The highest BCUT2D eigenvalue weighted by molar-refractivity contribution is 7.91. The van der Waals surface area contributed by atoms with Crippen LogP contribution in [-0.4, -0.2) is 41.6 Å². The van der Waals surface area contributed by atoms with Gasteiger partial charge in [0.05, 0.1) is 15.5 Å². The van der Waals surface area contributed by atoms with Gasteiger partial charge in [0.2, 0.25) is 9.84 Å². The van der Waals surface area contributed by atoms with Crippen LogP contribution < -0.4 is 15.5 Å². The van der Waals surface area contributed by atoms with Gasteiger partial charge >= 0.3 is 0 Å². The van der Waals surface area contributed by atoms with E-state index < -0.39 is 21.5 Å². The average molecular weight is 381 g/mol. The van der Waals surface area contributed by atoms with E-state index in [1.54, 1.807) is 19.2 Å². The predicted molar refractivity (Wildman–Crippen MR) is 97.5 cm³/mol. The number of nitrogens with zero attached hydrogens (tertiary/aromatic N) is 1. The van der Waals surface area contributed by atoms with Crippen molar-refractivity contribution < 1.29 is 17.2 Å². The topological polar surface area (TPSA) is 61.4 Å². The van der Waals surface area contributed by atoms with Crippen LogP contribution in [0.25, 0.3) is 0 Å². The number of hydrogen-bond acceptors (Lipinski definition) is 5. The summed E-state index contributed by atoms with van der Waals surface area (Å²) in [7, 11) is -2.34. The molecule has 0 aromatic heterocycles. The van der Waals surface area contributed by atoms with Gasteiger partial charge in [-0.15, -0.1) is 0 Å². The van der Waals surface area contributed by atoms with Gasteiger partial charge in [-0.05, 0) is 49.4 Å². The van der Waals surface area contributed by atoms with Crippen molar-refractivity contribution in [3.8, 4) is 0 Å². The van der Waals surface area contributed by atoms with Crippen LogP contribution >= 0.6 is 0 Å². The van der Waals surface area contributed by atoms with Crippen molar-refractivity contribution in [2.75, 3.05) is 43.4 Å². The summed E-state index contributed by atoms with van der Waals surface area (Å²) in [4.78, 5) is 1.94. The van der Waals surface area contributed by atoms with Gasteiger partial charge in [-0.25, -0.2) is 17.2 Å². The molecule has 0 spiro atoms. The van der Waals surface area contributed by atoms with E-state index >= 15 is 0 Å². The lowest BCUT2D eigenvalue weighted by molar-refractivity contribution is 0.504. The molecule has 3 rings (SSSR count). The second kappa shape index (κ2) is 7.59. The third kappa shape index (κ3) is 3.66. The molecule has 2 aromatic carbocycles. The standard InChI is InChI=1S/C18H21F2N3O2S/c1-21-17-11-13(23-9-2-7-22-8-10-23)3-6-18(17)26(24,25)14-4-5-15(19)16(20)12-14/h3-6,11-12,21-22H,2,7-10H2,1H3. The molecule has 140 valence electrons. The molecule has 2 N–H and O–H groups in total. The maximum atomic E-state index is 13.5. The van der Waals surface area contributed by atoms with Crippen LogP contribution in [0.2, 0.25) is 0 Å². The predicted octanol–water partition coefficient (Wildman–Crippen LogP) is 2.64. The molecule has 26 heavy (non-hydrogen) atoms. The highest BCUT2D eigenvalue weighted by Gasteiger charge is 2.23. The highest BCUT2D eigenvalue weighted by Crippen LogP contribution is 2.32. The third-order valence-corrected chi connectivity index (χ3v) is 6.24. The summed E-state index contributed by atoms with van der Waals surface area (Å²) in [5.41, 5.74) is 1.34.